The molecule has 0 aliphatic heterocycles. The van der Waals surface area contributed by atoms with E-state index < -0.39 is 11.8 Å². The Balaban J connectivity index is 1.69. The maximum atomic E-state index is 12.1. The molecule has 0 spiro atoms. The molecule has 0 saturated carbocycles. The van der Waals surface area contributed by atoms with E-state index in [9.17, 15) is 9.59 Å². The van der Waals surface area contributed by atoms with Gasteiger partial charge in [-0.05, 0) is 47.1 Å². The van der Waals surface area contributed by atoms with Crippen molar-refractivity contribution in [3.8, 4) is 0 Å². The second kappa shape index (κ2) is 6.21. The summed E-state index contributed by atoms with van der Waals surface area (Å²) in [5.74, 6) is -0.876. The SMILES string of the molecule is CCn1nnc2cc(C(=O)NNC(=O)c3cc(Br)c[nH]3)ccc21. The molecule has 3 rings (SSSR count). The Morgan fingerprint density at radius 3 is 2.74 bits per heavy atom. The molecule has 2 amide bonds. The van der Waals surface area contributed by atoms with E-state index in [1.54, 1.807) is 35.1 Å². The zero-order valence-electron chi connectivity index (χ0n) is 12.1. The molecule has 0 atom stereocenters. The van der Waals surface area contributed by atoms with Crippen molar-refractivity contribution in [1.29, 1.82) is 0 Å². The van der Waals surface area contributed by atoms with E-state index in [0.717, 1.165) is 9.99 Å². The van der Waals surface area contributed by atoms with Crippen molar-refractivity contribution in [3.63, 3.8) is 0 Å². The van der Waals surface area contributed by atoms with Gasteiger partial charge >= 0.3 is 0 Å². The van der Waals surface area contributed by atoms with Gasteiger partial charge < -0.3 is 4.98 Å². The van der Waals surface area contributed by atoms with Crippen molar-refractivity contribution in [2.45, 2.75) is 13.5 Å². The van der Waals surface area contributed by atoms with Crippen LogP contribution in [-0.4, -0.2) is 31.8 Å². The molecule has 3 N–H and O–H groups in total. The van der Waals surface area contributed by atoms with Crippen LogP contribution in [0.4, 0.5) is 0 Å². The predicted octanol–water partition coefficient (Wildman–Crippen LogP) is 1.62. The van der Waals surface area contributed by atoms with Gasteiger partial charge in [0.25, 0.3) is 11.8 Å². The molecule has 0 saturated heterocycles. The monoisotopic (exact) mass is 376 g/mol. The molecule has 1 aromatic carbocycles. The number of aryl methyl sites for hydroxylation is 1. The van der Waals surface area contributed by atoms with Crippen LogP contribution in [0.25, 0.3) is 11.0 Å². The molecule has 0 unspecified atom stereocenters. The number of benzene rings is 1. The zero-order valence-corrected chi connectivity index (χ0v) is 13.7. The summed E-state index contributed by atoms with van der Waals surface area (Å²) in [5, 5.41) is 8.00. The van der Waals surface area contributed by atoms with Crippen LogP contribution in [0.2, 0.25) is 0 Å². The molecule has 2 aromatic heterocycles. The number of aromatic amines is 1. The highest BCUT2D eigenvalue weighted by Crippen LogP contribution is 2.13. The molecular formula is C14H13BrN6O2. The molecule has 2 heterocycles. The van der Waals surface area contributed by atoms with Crippen molar-refractivity contribution in [2.24, 2.45) is 0 Å². The summed E-state index contributed by atoms with van der Waals surface area (Å²) in [5.41, 5.74) is 6.90. The molecule has 0 bridgehead atoms. The first-order chi connectivity index (χ1) is 11.1. The molecule has 0 aliphatic carbocycles. The first-order valence-electron chi connectivity index (χ1n) is 6.86. The molecule has 9 heteroatoms. The lowest BCUT2D eigenvalue weighted by atomic mass is 10.2. The number of nitrogens with zero attached hydrogens (tertiary/aromatic N) is 3. The minimum Gasteiger partial charge on any atom is -0.356 e. The topological polar surface area (TPSA) is 105 Å². The Morgan fingerprint density at radius 2 is 2.04 bits per heavy atom. The Morgan fingerprint density at radius 1 is 1.26 bits per heavy atom. The van der Waals surface area contributed by atoms with Crippen LogP contribution in [0.15, 0.2) is 34.9 Å². The number of H-pyrrole nitrogens is 1. The molecule has 0 fully saturated rings. The number of hydrogen-bond acceptors (Lipinski definition) is 4. The first-order valence-corrected chi connectivity index (χ1v) is 7.65. The second-order valence-electron chi connectivity index (χ2n) is 4.75. The largest absolute Gasteiger partial charge is 0.356 e. The number of nitrogens with one attached hydrogen (secondary N) is 3. The Bertz CT molecular complexity index is 884. The predicted molar refractivity (Wildman–Crippen MR) is 86.6 cm³/mol. The van der Waals surface area contributed by atoms with Gasteiger partial charge in [0, 0.05) is 22.8 Å². The minimum absolute atomic E-state index is 0.332. The van der Waals surface area contributed by atoms with E-state index >= 15 is 0 Å². The maximum absolute atomic E-state index is 12.1. The summed E-state index contributed by atoms with van der Waals surface area (Å²) in [4.78, 5) is 26.7. The summed E-state index contributed by atoms with van der Waals surface area (Å²) in [6, 6.07) is 6.67. The number of hydrazine groups is 1. The van der Waals surface area contributed by atoms with Crippen molar-refractivity contribution in [1.82, 2.24) is 30.8 Å². The quantitative estimate of drug-likeness (QED) is 0.604. The number of rotatable bonds is 3. The molecule has 0 aliphatic rings. The Kier molecular flexibility index (Phi) is 4.11. The standard InChI is InChI=1S/C14H13BrN6O2/c1-2-21-12-4-3-8(5-10(12)17-20-21)13(22)18-19-14(23)11-6-9(15)7-16-11/h3-7,16H,2H2,1H3,(H,18,22)(H,19,23). The molecule has 0 radical (unpaired) electrons. The fourth-order valence-electron chi connectivity index (χ4n) is 2.10. The van der Waals surface area contributed by atoms with Crippen LogP contribution in [0, 0.1) is 0 Å². The van der Waals surface area contributed by atoms with Gasteiger partial charge in [0.15, 0.2) is 0 Å². The fourth-order valence-corrected chi connectivity index (χ4v) is 2.44. The van der Waals surface area contributed by atoms with E-state index in [1.165, 1.54) is 0 Å². The normalized spacial score (nSPS) is 10.7. The Hall–Kier alpha value is -2.68. The number of halogens is 1. The van der Waals surface area contributed by atoms with Crippen LogP contribution < -0.4 is 10.9 Å². The van der Waals surface area contributed by atoms with Crippen LogP contribution >= 0.6 is 15.9 Å². The van der Waals surface area contributed by atoms with Gasteiger partial charge in [0.2, 0.25) is 0 Å². The minimum atomic E-state index is -0.443. The molecule has 3 aromatic rings. The molecule has 23 heavy (non-hydrogen) atoms. The highest BCUT2D eigenvalue weighted by Gasteiger charge is 2.12. The number of carbonyl (C=O) groups is 2. The van der Waals surface area contributed by atoms with Gasteiger partial charge in [0.05, 0.1) is 5.52 Å². The third kappa shape index (κ3) is 3.09. The third-order valence-electron chi connectivity index (χ3n) is 3.26. The van der Waals surface area contributed by atoms with Gasteiger partial charge in [0.1, 0.15) is 11.2 Å². The summed E-state index contributed by atoms with van der Waals surface area (Å²) in [6.45, 7) is 2.66. The lowest BCUT2D eigenvalue weighted by molar-refractivity contribution is 0.0844. The van der Waals surface area contributed by atoms with Crippen molar-refractivity contribution < 1.29 is 9.59 Å². The van der Waals surface area contributed by atoms with E-state index in [-0.39, 0.29) is 0 Å². The van der Waals surface area contributed by atoms with E-state index in [2.05, 4.69) is 42.1 Å². The number of hydrogen-bond donors (Lipinski definition) is 3. The fraction of sp³-hybridized carbons (Fsp3) is 0.143. The van der Waals surface area contributed by atoms with Gasteiger partial charge in [-0.3, -0.25) is 20.4 Å². The highest BCUT2D eigenvalue weighted by atomic mass is 79.9. The van der Waals surface area contributed by atoms with Crippen molar-refractivity contribution >= 4 is 38.8 Å². The highest BCUT2D eigenvalue weighted by molar-refractivity contribution is 9.10. The summed E-state index contributed by atoms with van der Waals surface area (Å²) < 4.78 is 2.49. The summed E-state index contributed by atoms with van der Waals surface area (Å²) >= 11 is 3.23. The molecule has 118 valence electrons. The summed E-state index contributed by atoms with van der Waals surface area (Å²) in [7, 11) is 0. The van der Waals surface area contributed by atoms with Gasteiger partial charge in [-0.25, -0.2) is 4.68 Å². The van der Waals surface area contributed by atoms with Crippen molar-refractivity contribution in [2.75, 3.05) is 0 Å². The third-order valence-corrected chi connectivity index (χ3v) is 3.72. The molecular weight excluding hydrogens is 364 g/mol. The summed E-state index contributed by atoms with van der Waals surface area (Å²) in [6.07, 6.45) is 1.63. The number of amides is 2. The number of carbonyl (C=O) groups excluding carboxylic acids is 2. The zero-order chi connectivity index (χ0) is 16.4. The van der Waals surface area contributed by atoms with Crippen LogP contribution in [-0.2, 0) is 6.54 Å². The molecule has 8 nitrogen and oxygen atoms in total. The van der Waals surface area contributed by atoms with Crippen LogP contribution in [0.3, 0.4) is 0 Å². The number of aromatic nitrogens is 4. The van der Waals surface area contributed by atoms with Gasteiger partial charge in [-0.2, -0.15) is 0 Å². The van der Waals surface area contributed by atoms with Crippen LogP contribution in [0.1, 0.15) is 27.8 Å². The average Bonchev–Trinajstić information content (AvgIpc) is 3.17. The second-order valence-corrected chi connectivity index (χ2v) is 5.66. The smallest absolute Gasteiger partial charge is 0.286 e. The van der Waals surface area contributed by atoms with Crippen LogP contribution in [0.5, 0.6) is 0 Å². The van der Waals surface area contributed by atoms with E-state index in [4.69, 9.17) is 0 Å². The van der Waals surface area contributed by atoms with Crippen molar-refractivity contribution in [3.05, 3.63) is 46.2 Å². The average molecular weight is 377 g/mol. The first kappa shape index (κ1) is 15.2. The lowest BCUT2D eigenvalue weighted by Crippen LogP contribution is -2.41. The lowest BCUT2D eigenvalue weighted by Gasteiger charge is -2.06. The van der Waals surface area contributed by atoms with Gasteiger partial charge in [-0.1, -0.05) is 5.21 Å². The number of fused-ring (bicyclic) bond motifs is 1. The Labute approximate surface area is 139 Å². The van der Waals surface area contributed by atoms with E-state index in [1.807, 2.05) is 6.92 Å². The van der Waals surface area contributed by atoms with E-state index in [0.29, 0.717) is 23.3 Å². The van der Waals surface area contributed by atoms with Gasteiger partial charge in [-0.15, -0.1) is 5.10 Å². The maximum Gasteiger partial charge on any atom is 0.286 e.